The maximum atomic E-state index is 15.3. The molecule has 404 valence electrons. The van der Waals surface area contributed by atoms with Crippen LogP contribution in [-0.4, -0.2) is 72.6 Å². The lowest BCUT2D eigenvalue weighted by Crippen LogP contribution is -2.53. The van der Waals surface area contributed by atoms with Crippen LogP contribution >= 0.6 is 11.3 Å². The van der Waals surface area contributed by atoms with Gasteiger partial charge < -0.3 is 23.4 Å². The van der Waals surface area contributed by atoms with Crippen LogP contribution in [0, 0.1) is 24.2 Å². The zero-order valence-electron chi connectivity index (χ0n) is 45.8. The number of nitrogens with zero attached hydrogens (tertiary/aromatic N) is 2. The van der Waals surface area contributed by atoms with Gasteiger partial charge in [0.1, 0.15) is 30.3 Å². The van der Waals surface area contributed by atoms with E-state index in [4.69, 9.17) is 28.4 Å². The maximum Gasteiger partial charge on any atom is 0.508 e. The third kappa shape index (κ3) is 17.4. The van der Waals surface area contributed by atoms with Crippen LogP contribution in [0.1, 0.15) is 167 Å². The molecule has 2 amide bonds. The number of hydrogen-bond acceptors (Lipinski definition) is 13. The fourth-order valence-electron chi connectivity index (χ4n) is 9.30. The van der Waals surface area contributed by atoms with Crippen LogP contribution < -0.4 is 4.74 Å². The molecule has 3 aromatic rings. The Morgan fingerprint density at radius 1 is 0.932 bits per heavy atom. The van der Waals surface area contributed by atoms with Gasteiger partial charge in [0, 0.05) is 37.0 Å². The Hall–Kier alpha value is -5.25. The molecule has 2 aliphatic rings. The summed E-state index contributed by atoms with van der Waals surface area (Å²) in [6, 6.07) is 12.8. The van der Waals surface area contributed by atoms with Crippen LogP contribution in [0.5, 0.6) is 5.75 Å². The van der Waals surface area contributed by atoms with Gasteiger partial charge in [-0.2, -0.15) is 0 Å². The zero-order valence-corrected chi connectivity index (χ0v) is 47.6. The van der Waals surface area contributed by atoms with Crippen LogP contribution in [0.15, 0.2) is 78.9 Å². The summed E-state index contributed by atoms with van der Waals surface area (Å²) in [7, 11) is -2.59. The number of aromatic nitrogens is 1. The molecular weight excluding hydrogens is 973 g/mol. The molecule has 0 spiro atoms. The van der Waals surface area contributed by atoms with Crippen molar-refractivity contribution in [2.45, 2.75) is 195 Å². The maximum absolute atomic E-state index is 15.3. The number of thiazole rings is 1. The predicted molar refractivity (Wildman–Crippen MR) is 293 cm³/mol. The van der Waals surface area contributed by atoms with Gasteiger partial charge in [0.25, 0.3) is 11.8 Å². The number of carbonyl (C=O) groups excluding carboxylic acids is 6. The minimum absolute atomic E-state index is 0.109. The standard InChI is InChI=1S/C59H82N2O11SSi/c1-12-22-46-55(71-57(67)68-39-43-27-30-45(31-28-43)69-53(64)25-19-17-15-13-14-16-18-20-36-61-51(62)34-35-52(61)63)41(3)24-21-23-40(2)26-32-48(44-29-33-49-47(37-44)60-42(4)73-49)70-54(65)38-50(59(8,9)56(46)66)72-74(10,11)58(5,6)7/h12,26-31,33-35,37,41,46,48,50,55H,1,13-25,32,36,38-39H2,2-11H3/b40-26-/t41-,46+,48-,50-,55-/m0/s1. The van der Waals surface area contributed by atoms with E-state index in [1.54, 1.807) is 41.7 Å². The minimum atomic E-state index is -2.59. The van der Waals surface area contributed by atoms with Gasteiger partial charge >= 0.3 is 18.1 Å². The highest BCUT2D eigenvalue weighted by atomic mass is 32.1. The molecule has 0 bridgehead atoms. The Bertz CT molecular complexity index is 2470. The van der Waals surface area contributed by atoms with Gasteiger partial charge in [0.15, 0.2) is 8.32 Å². The number of allylic oxidation sites excluding steroid dienone is 2. The Balaban J connectivity index is 1.21. The summed E-state index contributed by atoms with van der Waals surface area (Å²) in [6.07, 6.45) is 13.8. The van der Waals surface area contributed by atoms with Crippen molar-refractivity contribution in [3.05, 3.63) is 95.1 Å². The molecule has 3 heterocycles. The molecular formula is C59H82N2O11SSi. The van der Waals surface area contributed by atoms with Gasteiger partial charge in [0.05, 0.1) is 33.7 Å². The van der Waals surface area contributed by atoms with Crippen molar-refractivity contribution in [2.24, 2.45) is 17.3 Å². The minimum Gasteiger partial charge on any atom is -0.457 e. The van der Waals surface area contributed by atoms with Gasteiger partial charge in [0.2, 0.25) is 0 Å². The van der Waals surface area contributed by atoms with Crippen molar-refractivity contribution in [1.29, 1.82) is 0 Å². The van der Waals surface area contributed by atoms with Gasteiger partial charge in [-0.1, -0.05) is 116 Å². The molecule has 5 rings (SSSR count). The predicted octanol–water partition coefficient (Wildman–Crippen LogP) is 14.0. The van der Waals surface area contributed by atoms with Crippen LogP contribution in [-0.2, 0) is 49.2 Å². The monoisotopic (exact) mass is 1050 g/mol. The Morgan fingerprint density at radius 3 is 2.23 bits per heavy atom. The van der Waals surface area contributed by atoms with E-state index in [1.165, 1.54) is 17.1 Å². The highest BCUT2D eigenvalue weighted by molar-refractivity contribution is 7.18. The quantitative estimate of drug-likeness (QED) is 0.0263. The summed E-state index contributed by atoms with van der Waals surface area (Å²) in [5, 5.41) is 0.722. The van der Waals surface area contributed by atoms with Crippen LogP contribution in [0.25, 0.3) is 10.2 Å². The molecule has 74 heavy (non-hydrogen) atoms. The van der Waals surface area contributed by atoms with Crippen molar-refractivity contribution in [1.82, 2.24) is 9.88 Å². The average Bonchev–Trinajstić information content (AvgIpc) is 3.88. The second-order valence-corrected chi connectivity index (χ2v) is 28.4. The number of cyclic esters (lactones) is 1. The van der Waals surface area contributed by atoms with E-state index in [2.05, 4.69) is 53.4 Å². The van der Waals surface area contributed by atoms with Gasteiger partial charge in [-0.05, 0) is 112 Å². The number of fused-ring (bicyclic) bond motifs is 1. The number of ketones is 1. The Kier molecular flexibility index (Phi) is 22.2. The fourth-order valence-corrected chi connectivity index (χ4v) is 11.6. The number of unbranched alkanes of at least 4 members (excludes halogenated alkanes) is 7. The van der Waals surface area contributed by atoms with Crippen molar-refractivity contribution in [2.75, 3.05) is 6.54 Å². The SMILES string of the molecule is C=CC[C@H]1C(=O)C(C)(C)[C@@H](O[Si](C)(C)C(C)(C)C)CC(=O)O[C@H](c2ccc3sc(C)nc3c2)C/C=C(/C)CCC[C@H](C)[C@@H]1OC(=O)OCc1ccc(OC(=O)CCCCCCCCCCN2C(=O)C=CC2=O)cc1. The fraction of sp³-hybridized carbons (Fsp3) is 0.576. The molecule has 15 heteroatoms. The second kappa shape index (κ2) is 27.5. The van der Waals surface area contributed by atoms with Crippen molar-refractivity contribution in [3.8, 4) is 5.75 Å². The smallest absolute Gasteiger partial charge is 0.457 e. The normalized spacial score (nSPS) is 22.1. The average molecular weight is 1060 g/mol. The summed E-state index contributed by atoms with van der Waals surface area (Å²) in [5.74, 6) is -2.15. The summed E-state index contributed by atoms with van der Waals surface area (Å²) in [5.41, 5.74) is 2.27. The molecule has 5 atom stereocenters. The molecule has 1 aromatic heterocycles. The molecule has 13 nitrogen and oxygen atoms in total. The van der Waals surface area contributed by atoms with E-state index in [-0.39, 0.29) is 54.0 Å². The molecule has 0 fully saturated rings. The Morgan fingerprint density at radius 2 is 1.58 bits per heavy atom. The first-order valence-electron chi connectivity index (χ1n) is 26.7. The molecule has 2 aliphatic heterocycles. The molecule has 0 unspecified atom stereocenters. The number of rotatable bonds is 20. The first-order valence-corrected chi connectivity index (χ1v) is 30.4. The van der Waals surface area contributed by atoms with Gasteiger partial charge in [-0.25, -0.2) is 9.78 Å². The molecule has 0 saturated carbocycles. The summed E-state index contributed by atoms with van der Waals surface area (Å²) in [6.45, 7) is 24.6. The lowest BCUT2D eigenvalue weighted by atomic mass is 9.71. The molecule has 0 radical (unpaired) electrons. The number of hydrogen-bond donors (Lipinski definition) is 0. The van der Waals surface area contributed by atoms with Gasteiger partial charge in [-0.15, -0.1) is 17.9 Å². The van der Waals surface area contributed by atoms with E-state index in [0.29, 0.717) is 37.1 Å². The molecule has 0 aliphatic carbocycles. The topological polar surface area (TPSA) is 165 Å². The first kappa shape index (κ1) is 59.6. The largest absolute Gasteiger partial charge is 0.508 e. The van der Waals surface area contributed by atoms with E-state index in [0.717, 1.165) is 90.6 Å². The third-order valence-electron chi connectivity index (χ3n) is 15.0. The van der Waals surface area contributed by atoms with E-state index < -0.39 is 50.1 Å². The molecule has 0 N–H and O–H groups in total. The number of Topliss-reactive ketones (excluding diaryl/α,β-unsaturated/α-hetero) is 1. The molecule has 2 aromatic carbocycles. The number of amides is 2. The number of aryl methyl sites for hydroxylation is 1. The second-order valence-electron chi connectivity index (χ2n) is 22.4. The zero-order chi connectivity index (χ0) is 54.2. The third-order valence-corrected chi connectivity index (χ3v) is 20.4. The van der Waals surface area contributed by atoms with Crippen LogP contribution in [0.2, 0.25) is 18.1 Å². The van der Waals surface area contributed by atoms with Crippen molar-refractivity contribution in [3.63, 3.8) is 0 Å². The van der Waals surface area contributed by atoms with Crippen LogP contribution in [0.4, 0.5) is 4.79 Å². The molecule has 0 saturated heterocycles. The summed E-state index contributed by atoms with van der Waals surface area (Å²) < 4.78 is 32.0. The van der Waals surface area contributed by atoms with Crippen molar-refractivity contribution < 1.29 is 52.1 Å². The lowest BCUT2D eigenvalue weighted by Gasteiger charge is -2.45. The highest BCUT2D eigenvalue weighted by Gasteiger charge is 2.50. The lowest BCUT2D eigenvalue weighted by molar-refractivity contribution is -0.155. The highest BCUT2D eigenvalue weighted by Crippen LogP contribution is 2.43. The van der Waals surface area contributed by atoms with Gasteiger partial charge in [-0.3, -0.25) is 28.9 Å². The number of esters is 2. The van der Waals surface area contributed by atoms with Crippen molar-refractivity contribution >= 4 is 65.6 Å². The number of benzene rings is 2. The number of ether oxygens (including phenoxy) is 4. The van der Waals surface area contributed by atoms with E-state index >= 15 is 4.79 Å². The summed E-state index contributed by atoms with van der Waals surface area (Å²) >= 11 is 1.62. The summed E-state index contributed by atoms with van der Waals surface area (Å²) in [4.78, 5) is 85.3. The van der Waals surface area contributed by atoms with E-state index in [9.17, 15) is 24.0 Å². The van der Waals surface area contributed by atoms with Crippen LogP contribution in [0.3, 0.4) is 0 Å². The number of imide groups is 1. The number of carbonyl (C=O) groups is 6. The first-order chi connectivity index (χ1) is 35.0. The Labute approximate surface area is 445 Å². The van der Waals surface area contributed by atoms with E-state index in [1.807, 2.05) is 45.9 Å².